The van der Waals surface area contributed by atoms with Crippen molar-refractivity contribution in [2.75, 3.05) is 12.8 Å². The van der Waals surface area contributed by atoms with Crippen LogP contribution in [0.3, 0.4) is 0 Å². The fraction of sp³-hybridized carbons (Fsp3) is 1.00. The predicted octanol–water partition coefficient (Wildman–Crippen LogP) is -1.46. The molecule has 0 rings (SSSR count). The van der Waals surface area contributed by atoms with E-state index in [1.165, 1.54) is 0 Å². The highest BCUT2D eigenvalue weighted by molar-refractivity contribution is 7.37. The average molecular weight is 135 g/mol. The minimum absolute atomic E-state index is 0. The zero-order valence-corrected chi connectivity index (χ0v) is 5.63. The molecule has 0 saturated heterocycles. The van der Waals surface area contributed by atoms with E-state index in [-0.39, 0.29) is 14.6 Å². The Morgan fingerprint density at radius 1 is 1.38 bits per heavy atom. The zero-order chi connectivity index (χ0) is 5.91. The maximum atomic E-state index is 8.14. The highest BCUT2D eigenvalue weighted by Crippen LogP contribution is 2.08. The first-order chi connectivity index (χ1) is 3.06. The van der Waals surface area contributed by atoms with Gasteiger partial charge in [-0.2, -0.15) is 0 Å². The number of aliphatic hydroxyl groups is 3. The summed E-state index contributed by atoms with van der Waals surface area (Å²) in [6.45, 7) is 1.78. The summed E-state index contributed by atoms with van der Waals surface area (Å²) in [6.07, 6.45) is 0.0347. The molecule has 0 aromatic rings. The van der Waals surface area contributed by atoms with E-state index in [0.717, 1.165) is 0 Å². The van der Waals surface area contributed by atoms with Crippen molar-refractivity contribution in [3.05, 3.63) is 0 Å². The normalized spacial score (nSPS) is 12.0. The molecule has 3 N–H and O–H groups in total. The number of rotatable bonds is 2. The molecule has 3 radical (unpaired) electrons. The summed E-state index contributed by atoms with van der Waals surface area (Å²) in [5.74, 6) is -2.44. The van der Waals surface area contributed by atoms with Crippen LogP contribution in [0, 0.1) is 0 Å². The van der Waals surface area contributed by atoms with E-state index in [9.17, 15) is 0 Å². The van der Waals surface area contributed by atoms with Crippen LogP contribution in [0.5, 0.6) is 0 Å². The van der Waals surface area contributed by atoms with Gasteiger partial charge in [-0.15, -0.1) is 8.58 Å². The number of hydrogen-bond donors (Lipinski definition) is 3. The summed E-state index contributed by atoms with van der Waals surface area (Å²) >= 11 is 0. The van der Waals surface area contributed by atoms with E-state index in [1.807, 2.05) is 0 Å². The molecule has 1 atom stereocenters. The Kier molecular flexibility index (Phi) is 5.99. The molecule has 0 bridgehead atoms. The molecule has 0 fully saturated rings. The predicted molar refractivity (Wildman–Crippen MR) is 34.2 cm³/mol. The van der Waals surface area contributed by atoms with Crippen molar-refractivity contribution < 1.29 is 15.3 Å². The van der Waals surface area contributed by atoms with E-state index in [1.54, 1.807) is 6.66 Å². The van der Waals surface area contributed by atoms with E-state index >= 15 is 0 Å². The van der Waals surface area contributed by atoms with Crippen molar-refractivity contribution in [1.29, 1.82) is 0 Å². The average Bonchev–Trinajstić information content (AvgIpc) is 1.30. The Bertz CT molecular complexity index is 53.0. The third-order valence-electron chi connectivity index (χ3n) is 0.414. The van der Waals surface area contributed by atoms with Gasteiger partial charge in [-0.3, -0.25) is 0 Å². The fourth-order valence-electron chi connectivity index (χ4n) is 0.237. The summed E-state index contributed by atoms with van der Waals surface area (Å²) in [5.41, 5.74) is 0. The van der Waals surface area contributed by atoms with Crippen LogP contribution in [-0.2, 0) is 0 Å². The highest BCUT2D eigenvalue weighted by Gasteiger charge is 2.14. The molecule has 0 heterocycles. The minimum Gasteiger partial charge on any atom is -0.343 e. The standard InChI is InChI=1S/C3H9O3P.B/c1-7-2-3(4,5)6;/h4-7H,2H2,1H3;. The Balaban J connectivity index is 0. The van der Waals surface area contributed by atoms with Crippen LogP contribution < -0.4 is 0 Å². The van der Waals surface area contributed by atoms with Crippen LogP contribution in [0.25, 0.3) is 0 Å². The Labute approximate surface area is 52.1 Å². The van der Waals surface area contributed by atoms with Gasteiger partial charge in [0.25, 0.3) is 5.97 Å². The van der Waals surface area contributed by atoms with E-state index in [2.05, 4.69) is 0 Å². The molecular formula is C3H9BO3P. The van der Waals surface area contributed by atoms with Crippen LogP contribution >= 0.6 is 8.58 Å². The molecule has 0 aliphatic heterocycles. The van der Waals surface area contributed by atoms with E-state index in [4.69, 9.17) is 15.3 Å². The Hall–Kier alpha value is 0.375. The lowest BCUT2D eigenvalue weighted by Crippen LogP contribution is -2.29. The van der Waals surface area contributed by atoms with Crippen molar-refractivity contribution in [1.82, 2.24) is 0 Å². The Morgan fingerprint density at radius 3 is 1.75 bits per heavy atom. The SMILES string of the molecule is CPCC(O)(O)O.[B]. The van der Waals surface area contributed by atoms with E-state index in [0.29, 0.717) is 8.58 Å². The van der Waals surface area contributed by atoms with Crippen LogP contribution in [0.4, 0.5) is 0 Å². The first kappa shape index (κ1) is 11.2. The van der Waals surface area contributed by atoms with Crippen LogP contribution in [0.1, 0.15) is 0 Å². The molecule has 0 amide bonds. The maximum absolute atomic E-state index is 8.14. The van der Waals surface area contributed by atoms with Gasteiger partial charge in [-0.25, -0.2) is 0 Å². The third-order valence-corrected chi connectivity index (χ3v) is 1.24. The summed E-state index contributed by atoms with van der Waals surface area (Å²) in [7, 11) is 0.359. The van der Waals surface area contributed by atoms with Crippen molar-refractivity contribution >= 4 is 17.0 Å². The van der Waals surface area contributed by atoms with Gasteiger partial charge < -0.3 is 15.3 Å². The molecule has 0 aromatic carbocycles. The lowest BCUT2D eigenvalue weighted by molar-refractivity contribution is -0.293. The molecule has 8 heavy (non-hydrogen) atoms. The quantitative estimate of drug-likeness (QED) is 0.246. The van der Waals surface area contributed by atoms with Crippen molar-refractivity contribution in [3.8, 4) is 0 Å². The molecule has 3 nitrogen and oxygen atoms in total. The highest BCUT2D eigenvalue weighted by atomic mass is 31.1. The second-order valence-electron chi connectivity index (χ2n) is 1.30. The molecule has 0 aliphatic rings. The molecule has 0 aliphatic carbocycles. The molecular weight excluding hydrogens is 126 g/mol. The van der Waals surface area contributed by atoms with Crippen LogP contribution in [-0.4, -0.2) is 42.5 Å². The van der Waals surface area contributed by atoms with E-state index < -0.39 is 5.97 Å². The van der Waals surface area contributed by atoms with Gasteiger partial charge in [0.2, 0.25) is 0 Å². The molecule has 0 spiro atoms. The second kappa shape index (κ2) is 4.27. The van der Waals surface area contributed by atoms with Gasteiger partial charge >= 0.3 is 0 Å². The summed E-state index contributed by atoms with van der Waals surface area (Å²) in [4.78, 5) is 0. The minimum atomic E-state index is -2.44. The van der Waals surface area contributed by atoms with Gasteiger partial charge in [0, 0.05) is 14.6 Å². The molecule has 47 valence electrons. The van der Waals surface area contributed by atoms with Crippen LogP contribution in [0.15, 0.2) is 0 Å². The van der Waals surface area contributed by atoms with Gasteiger partial charge in [0.05, 0.1) is 0 Å². The van der Waals surface area contributed by atoms with Crippen molar-refractivity contribution in [2.45, 2.75) is 5.97 Å². The summed E-state index contributed by atoms with van der Waals surface area (Å²) < 4.78 is 0. The molecule has 5 heteroatoms. The Morgan fingerprint density at radius 2 is 1.75 bits per heavy atom. The monoisotopic (exact) mass is 135 g/mol. The topological polar surface area (TPSA) is 60.7 Å². The van der Waals surface area contributed by atoms with Gasteiger partial charge in [0.15, 0.2) is 0 Å². The molecule has 0 saturated carbocycles. The van der Waals surface area contributed by atoms with Crippen molar-refractivity contribution in [3.63, 3.8) is 0 Å². The van der Waals surface area contributed by atoms with Gasteiger partial charge in [-0.05, 0) is 6.66 Å². The summed E-state index contributed by atoms with van der Waals surface area (Å²) in [5, 5.41) is 24.4. The lowest BCUT2D eigenvalue weighted by Gasteiger charge is -2.10. The smallest absolute Gasteiger partial charge is 0.279 e. The van der Waals surface area contributed by atoms with Crippen molar-refractivity contribution in [2.24, 2.45) is 0 Å². The maximum Gasteiger partial charge on any atom is 0.279 e. The van der Waals surface area contributed by atoms with Crippen LogP contribution in [0.2, 0.25) is 0 Å². The molecule has 1 unspecified atom stereocenters. The third kappa shape index (κ3) is 9.62. The molecule has 0 aromatic heterocycles. The van der Waals surface area contributed by atoms with Gasteiger partial charge in [-0.1, -0.05) is 0 Å². The lowest BCUT2D eigenvalue weighted by atomic mass is 10.7. The first-order valence-corrected chi connectivity index (χ1v) is 3.59. The summed E-state index contributed by atoms with van der Waals surface area (Å²) in [6, 6.07) is 0. The van der Waals surface area contributed by atoms with Gasteiger partial charge in [0.1, 0.15) is 0 Å². The largest absolute Gasteiger partial charge is 0.343 e. The zero-order valence-electron chi connectivity index (χ0n) is 4.63. The second-order valence-corrected chi connectivity index (χ2v) is 2.37. The fourth-order valence-corrected chi connectivity index (χ4v) is 0.712. The first-order valence-electron chi connectivity index (χ1n) is 1.88. The number of hydrogen-bond acceptors (Lipinski definition) is 3.